The third-order valence-corrected chi connectivity index (χ3v) is 2.84. The molecule has 1 aromatic rings. The molecule has 4 nitrogen and oxygen atoms in total. The van der Waals surface area contributed by atoms with Crippen molar-refractivity contribution in [3.63, 3.8) is 0 Å². The first-order valence-corrected chi connectivity index (χ1v) is 6.56. The quantitative estimate of drug-likeness (QED) is 0.782. The minimum absolute atomic E-state index is 0.231. The van der Waals surface area contributed by atoms with Gasteiger partial charge >= 0.3 is 0 Å². The highest BCUT2D eigenvalue weighted by atomic mass is 19.1. The third-order valence-electron chi connectivity index (χ3n) is 2.84. The first kappa shape index (κ1) is 16.6. The Morgan fingerprint density at radius 2 is 1.76 bits per heavy atom. The van der Waals surface area contributed by atoms with Crippen molar-refractivity contribution >= 4 is 11.8 Å². The lowest BCUT2D eigenvalue weighted by atomic mass is 10.2. The largest absolute Gasteiger partial charge is 0.341 e. The number of rotatable bonds is 7. The molecule has 1 aromatic carbocycles. The van der Waals surface area contributed by atoms with Gasteiger partial charge in [-0.05, 0) is 31.2 Å². The highest BCUT2D eigenvalue weighted by molar-refractivity contribution is 5.97. The van der Waals surface area contributed by atoms with Crippen molar-refractivity contribution < 1.29 is 14.0 Å². The maximum atomic E-state index is 12.8. The van der Waals surface area contributed by atoms with E-state index in [1.165, 1.54) is 29.2 Å². The molecule has 1 unspecified atom stereocenters. The lowest BCUT2D eigenvalue weighted by Gasteiger charge is -2.23. The summed E-state index contributed by atoms with van der Waals surface area (Å²) in [7, 11) is 0. The van der Waals surface area contributed by atoms with Crippen molar-refractivity contribution in [1.29, 1.82) is 0 Å². The number of benzene rings is 1. The van der Waals surface area contributed by atoms with Gasteiger partial charge in [0, 0.05) is 18.7 Å². The van der Waals surface area contributed by atoms with Gasteiger partial charge in [0.1, 0.15) is 11.9 Å². The highest BCUT2D eigenvalue weighted by Gasteiger charge is 2.21. The summed E-state index contributed by atoms with van der Waals surface area (Å²) >= 11 is 0. The Morgan fingerprint density at radius 3 is 2.24 bits per heavy atom. The maximum Gasteiger partial charge on any atom is 0.251 e. The average molecular weight is 290 g/mol. The molecule has 0 spiro atoms. The van der Waals surface area contributed by atoms with E-state index >= 15 is 0 Å². The van der Waals surface area contributed by atoms with Crippen LogP contribution in [0.3, 0.4) is 0 Å². The van der Waals surface area contributed by atoms with Crippen LogP contribution in [0.15, 0.2) is 49.6 Å². The monoisotopic (exact) mass is 290 g/mol. The molecule has 2 amide bonds. The van der Waals surface area contributed by atoms with E-state index < -0.39 is 17.8 Å². The molecular weight excluding hydrogens is 271 g/mol. The van der Waals surface area contributed by atoms with Crippen LogP contribution in [-0.4, -0.2) is 35.8 Å². The molecule has 0 aliphatic rings. The van der Waals surface area contributed by atoms with Crippen molar-refractivity contribution in [2.24, 2.45) is 0 Å². The standard InChI is InChI=1S/C16H19FN2O2/c1-4-10-19(11-5-2)16(21)12(3)18-15(20)13-6-8-14(17)9-7-13/h4-9,12H,1-2,10-11H2,3H3,(H,18,20). The summed E-state index contributed by atoms with van der Waals surface area (Å²) in [6, 6.07) is 4.44. The highest BCUT2D eigenvalue weighted by Crippen LogP contribution is 2.04. The predicted molar refractivity (Wildman–Crippen MR) is 80.3 cm³/mol. The number of halogens is 1. The molecule has 0 fully saturated rings. The third kappa shape index (κ3) is 4.87. The van der Waals surface area contributed by atoms with Crippen molar-refractivity contribution in [2.45, 2.75) is 13.0 Å². The van der Waals surface area contributed by atoms with Gasteiger partial charge < -0.3 is 10.2 Å². The van der Waals surface area contributed by atoms with Crippen LogP contribution in [0, 0.1) is 5.82 Å². The van der Waals surface area contributed by atoms with E-state index in [0.717, 1.165) is 0 Å². The van der Waals surface area contributed by atoms with E-state index in [2.05, 4.69) is 18.5 Å². The Bertz CT molecular complexity index is 516. The van der Waals surface area contributed by atoms with Gasteiger partial charge in [0.15, 0.2) is 0 Å². The van der Waals surface area contributed by atoms with Gasteiger partial charge in [0.05, 0.1) is 0 Å². The SMILES string of the molecule is C=CCN(CC=C)C(=O)C(C)NC(=O)c1ccc(F)cc1. The summed E-state index contributed by atoms with van der Waals surface area (Å²) in [4.78, 5) is 25.7. The molecule has 0 radical (unpaired) electrons. The van der Waals surface area contributed by atoms with Crippen molar-refractivity contribution in [3.8, 4) is 0 Å². The van der Waals surface area contributed by atoms with Crippen LogP contribution >= 0.6 is 0 Å². The van der Waals surface area contributed by atoms with E-state index in [-0.39, 0.29) is 5.91 Å². The number of hydrogen-bond acceptors (Lipinski definition) is 2. The van der Waals surface area contributed by atoms with Gasteiger partial charge in [-0.3, -0.25) is 9.59 Å². The fraction of sp³-hybridized carbons (Fsp3) is 0.250. The topological polar surface area (TPSA) is 49.4 Å². The van der Waals surface area contributed by atoms with Crippen molar-refractivity contribution in [1.82, 2.24) is 10.2 Å². The van der Waals surface area contributed by atoms with Gasteiger partial charge in [-0.15, -0.1) is 13.2 Å². The Morgan fingerprint density at radius 1 is 1.24 bits per heavy atom. The number of carbonyl (C=O) groups is 2. The fourth-order valence-corrected chi connectivity index (χ4v) is 1.78. The van der Waals surface area contributed by atoms with Crippen molar-refractivity contribution in [3.05, 3.63) is 61.0 Å². The van der Waals surface area contributed by atoms with Crippen molar-refractivity contribution in [2.75, 3.05) is 13.1 Å². The van der Waals surface area contributed by atoms with Crippen LogP contribution in [0.5, 0.6) is 0 Å². The molecule has 1 N–H and O–H groups in total. The number of nitrogens with one attached hydrogen (secondary N) is 1. The lowest BCUT2D eigenvalue weighted by molar-refractivity contribution is -0.131. The second-order valence-corrected chi connectivity index (χ2v) is 4.52. The molecule has 0 aliphatic heterocycles. The van der Waals surface area contributed by atoms with Gasteiger partial charge in [0.25, 0.3) is 5.91 Å². The Balaban J connectivity index is 2.69. The van der Waals surface area contributed by atoms with Crippen LogP contribution in [0.2, 0.25) is 0 Å². The van der Waals surface area contributed by atoms with E-state index in [1.807, 2.05) is 0 Å². The lowest BCUT2D eigenvalue weighted by Crippen LogP contribution is -2.47. The summed E-state index contributed by atoms with van der Waals surface area (Å²) < 4.78 is 12.8. The average Bonchev–Trinajstić information content (AvgIpc) is 2.46. The van der Waals surface area contributed by atoms with E-state index in [1.54, 1.807) is 19.1 Å². The molecule has 0 aromatic heterocycles. The first-order valence-electron chi connectivity index (χ1n) is 6.56. The molecule has 5 heteroatoms. The smallest absolute Gasteiger partial charge is 0.251 e. The molecule has 1 rings (SSSR count). The number of hydrogen-bond donors (Lipinski definition) is 1. The van der Waals surface area contributed by atoms with Gasteiger partial charge in [-0.1, -0.05) is 12.2 Å². The van der Waals surface area contributed by atoms with E-state index in [9.17, 15) is 14.0 Å². The number of amides is 2. The molecule has 21 heavy (non-hydrogen) atoms. The minimum Gasteiger partial charge on any atom is -0.341 e. The molecule has 0 saturated carbocycles. The molecule has 0 saturated heterocycles. The molecule has 0 aliphatic carbocycles. The molecule has 0 bridgehead atoms. The Labute approximate surface area is 123 Å². The van der Waals surface area contributed by atoms with Gasteiger partial charge in [0.2, 0.25) is 5.91 Å². The number of carbonyl (C=O) groups excluding carboxylic acids is 2. The van der Waals surface area contributed by atoms with Crippen LogP contribution in [0.25, 0.3) is 0 Å². The van der Waals surface area contributed by atoms with E-state index in [0.29, 0.717) is 18.7 Å². The second-order valence-electron chi connectivity index (χ2n) is 4.52. The normalized spacial score (nSPS) is 11.3. The Kier molecular flexibility index (Phi) is 6.33. The first-order chi connectivity index (χ1) is 9.99. The summed E-state index contributed by atoms with van der Waals surface area (Å²) in [5.41, 5.74) is 0.301. The zero-order valence-electron chi connectivity index (χ0n) is 12.0. The minimum atomic E-state index is -0.692. The van der Waals surface area contributed by atoms with Crippen LogP contribution < -0.4 is 5.32 Å². The van der Waals surface area contributed by atoms with Crippen LogP contribution in [0.4, 0.5) is 4.39 Å². The van der Waals surface area contributed by atoms with Crippen LogP contribution in [0.1, 0.15) is 17.3 Å². The molecule has 0 heterocycles. The summed E-state index contributed by atoms with van der Waals surface area (Å²) in [6.07, 6.45) is 3.21. The zero-order chi connectivity index (χ0) is 15.8. The summed E-state index contributed by atoms with van der Waals surface area (Å²) in [5, 5.41) is 2.59. The number of nitrogens with zero attached hydrogens (tertiary/aromatic N) is 1. The summed E-state index contributed by atoms with van der Waals surface area (Å²) in [5.74, 6) is -1.07. The molecular formula is C16H19FN2O2. The predicted octanol–water partition coefficient (Wildman–Crippen LogP) is 2.14. The second kappa shape index (κ2) is 7.99. The zero-order valence-corrected chi connectivity index (χ0v) is 12.0. The van der Waals surface area contributed by atoms with Gasteiger partial charge in [-0.2, -0.15) is 0 Å². The van der Waals surface area contributed by atoms with E-state index in [4.69, 9.17) is 0 Å². The summed E-state index contributed by atoms with van der Waals surface area (Å²) in [6.45, 7) is 9.53. The maximum absolute atomic E-state index is 12.8. The Hall–Kier alpha value is -2.43. The van der Waals surface area contributed by atoms with Gasteiger partial charge in [-0.25, -0.2) is 4.39 Å². The van der Waals surface area contributed by atoms with Crippen LogP contribution in [-0.2, 0) is 4.79 Å². The fourth-order valence-electron chi connectivity index (χ4n) is 1.78. The molecule has 112 valence electrons. The molecule has 1 atom stereocenters.